The summed E-state index contributed by atoms with van der Waals surface area (Å²) in [6.45, 7) is 2.40. The molecule has 1 heterocycles. The van der Waals surface area contributed by atoms with Gasteiger partial charge in [-0.15, -0.1) is 0 Å². The third-order valence-electron chi connectivity index (χ3n) is 2.48. The van der Waals surface area contributed by atoms with Gasteiger partial charge in [-0.05, 0) is 41.1 Å². The van der Waals surface area contributed by atoms with E-state index in [2.05, 4.69) is 26.2 Å². The second-order valence-electron chi connectivity index (χ2n) is 4.03. The minimum Gasteiger partial charge on any atom is -0.456 e. The lowest BCUT2D eigenvalue weighted by Crippen LogP contribution is -2.23. The number of carbonyl (C=O) groups excluding carboxylic acids is 1. The Labute approximate surface area is 125 Å². The van der Waals surface area contributed by atoms with Gasteiger partial charge in [-0.2, -0.15) is 0 Å². The van der Waals surface area contributed by atoms with Gasteiger partial charge in [0.1, 0.15) is 17.2 Å². The SMILES string of the molecule is CCNC(=O)c1cc(Oc2cc(N)ccc2Br)ccn1. The van der Waals surface area contributed by atoms with Gasteiger partial charge in [-0.3, -0.25) is 9.78 Å². The Bertz CT molecular complexity index is 632. The first-order valence-corrected chi connectivity index (χ1v) is 6.86. The first kappa shape index (κ1) is 14.3. The maximum Gasteiger partial charge on any atom is 0.270 e. The molecule has 1 aromatic heterocycles. The molecule has 6 heteroatoms. The number of aromatic nitrogens is 1. The van der Waals surface area contributed by atoms with Gasteiger partial charge in [0.25, 0.3) is 5.91 Å². The standard InChI is InChI=1S/C14H14BrN3O2/c1-2-17-14(19)12-8-10(5-6-18-12)20-13-7-9(16)3-4-11(13)15/h3-8H,2,16H2,1H3,(H,17,19). The van der Waals surface area contributed by atoms with Gasteiger partial charge in [0.2, 0.25) is 0 Å². The molecular formula is C14H14BrN3O2. The van der Waals surface area contributed by atoms with Crippen LogP contribution in [0.1, 0.15) is 17.4 Å². The van der Waals surface area contributed by atoms with Gasteiger partial charge in [-0.1, -0.05) is 0 Å². The van der Waals surface area contributed by atoms with Crippen LogP contribution in [0.2, 0.25) is 0 Å². The van der Waals surface area contributed by atoms with E-state index in [0.717, 1.165) is 4.47 Å². The highest BCUT2D eigenvalue weighted by atomic mass is 79.9. The number of ether oxygens (including phenoxy) is 1. The number of pyridine rings is 1. The smallest absolute Gasteiger partial charge is 0.270 e. The van der Waals surface area contributed by atoms with Crippen molar-refractivity contribution < 1.29 is 9.53 Å². The van der Waals surface area contributed by atoms with Crippen LogP contribution in [0.15, 0.2) is 41.0 Å². The minimum absolute atomic E-state index is 0.232. The van der Waals surface area contributed by atoms with Crippen molar-refractivity contribution in [3.63, 3.8) is 0 Å². The molecule has 0 radical (unpaired) electrons. The van der Waals surface area contributed by atoms with Crippen LogP contribution in [0, 0.1) is 0 Å². The number of nitrogen functional groups attached to an aromatic ring is 1. The summed E-state index contributed by atoms with van der Waals surface area (Å²) in [6.07, 6.45) is 1.53. The zero-order chi connectivity index (χ0) is 14.5. The van der Waals surface area contributed by atoms with Gasteiger partial charge < -0.3 is 15.8 Å². The van der Waals surface area contributed by atoms with Crippen molar-refractivity contribution in [2.45, 2.75) is 6.92 Å². The van der Waals surface area contributed by atoms with Crippen molar-refractivity contribution in [2.24, 2.45) is 0 Å². The maximum atomic E-state index is 11.7. The summed E-state index contributed by atoms with van der Waals surface area (Å²) in [5.41, 5.74) is 6.63. The Kier molecular flexibility index (Phi) is 4.57. The molecule has 0 atom stereocenters. The molecule has 0 unspecified atom stereocenters. The fraction of sp³-hybridized carbons (Fsp3) is 0.143. The van der Waals surface area contributed by atoms with Gasteiger partial charge in [-0.25, -0.2) is 0 Å². The lowest BCUT2D eigenvalue weighted by atomic mass is 10.3. The van der Waals surface area contributed by atoms with Crippen LogP contribution in [0.25, 0.3) is 0 Å². The molecule has 0 saturated heterocycles. The molecular weight excluding hydrogens is 322 g/mol. The third kappa shape index (κ3) is 3.48. The van der Waals surface area contributed by atoms with E-state index in [-0.39, 0.29) is 5.91 Å². The van der Waals surface area contributed by atoms with Crippen molar-refractivity contribution in [2.75, 3.05) is 12.3 Å². The quantitative estimate of drug-likeness (QED) is 0.842. The molecule has 20 heavy (non-hydrogen) atoms. The van der Waals surface area contributed by atoms with Gasteiger partial charge in [0.15, 0.2) is 0 Å². The van der Waals surface area contributed by atoms with E-state index in [0.29, 0.717) is 29.4 Å². The number of nitrogens with two attached hydrogens (primary N) is 1. The van der Waals surface area contributed by atoms with Crippen LogP contribution in [-0.2, 0) is 0 Å². The molecule has 2 rings (SSSR count). The number of halogens is 1. The Morgan fingerprint density at radius 3 is 2.95 bits per heavy atom. The molecule has 0 aliphatic carbocycles. The third-order valence-corrected chi connectivity index (χ3v) is 3.14. The van der Waals surface area contributed by atoms with E-state index >= 15 is 0 Å². The lowest BCUT2D eigenvalue weighted by molar-refractivity contribution is 0.0950. The molecule has 1 amide bonds. The zero-order valence-electron chi connectivity index (χ0n) is 10.9. The number of benzene rings is 1. The van der Waals surface area contributed by atoms with Crippen molar-refractivity contribution in [1.82, 2.24) is 10.3 Å². The fourth-order valence-electron chi connectivity index (χ4n) is 1.58. The van der Waals surface area contributed by atoms with Crippen molar-refractivity contribution in [1.29, 1.82) is 0 Å². The van der Waals surface area contributed by atoms with Crippen LogP contribution >= 0.6 is 15.9 Å². The Morgan fingerprint density at radius 2 is 2.20 bits per heavy atom. The monoisotopic (exact) mass is 335 g/mol. The maximum absolute atomic E-state index is 11.7. The zero-order valence-corrected chi connectivity index (χ0v) is 12.5. The van der Waals surface area contributed by atoms with Gasteiger partial charge >= 0.3 is 0 Å². The highest BCUT2D eigenvalue weighted by Crippen LogP contribution is 2.31. The second-order valence-corrected chi connectivity index (χ2v) is 4.88. The average molecular weight is 336 g/mol. The number of hydrogen-bond donors (Lipinski definition) is 2. The molecule has 0 fully saturated rings. The predicted molar refractivity (Wildman–Crippen MR) is 80.9 cm³/mol. The van der Waals surface area contributed by atoms with Crippen LogP contribution in [0.4, 0.5) is 5.69 Å². The highest BCUT2D eigenvalue weighted by Gasteiger charge is 2.09. The normalized spacial score (nSPS) is 10.1. The lowest BCUT2D eigenvalue weighted by Gasteiger charge is -2.09. The first-order valence-electron chi connectivity index (χ1n) is 6.07. The second kappa shape index (κ2) is 6.38. The fourth-order valence-corrected chi connectivity index (χ4v) is 1.90. The Balaban J connectivity index is 2.23. The van der Waals surface area contributed by atoms with Crippen LogP contribution in [0.5, 0.6) is 11.5 Å². The molecule has 0 aliphatic heterocycles. The Morgan fingerprint density at radius 1 is 1.40 bits per heavy atom. The molecule has 0 saturated carbocycles. The summed E-state index contributed by atoms with van der Waals surface area (Å²) in [6, 6.07) is 8.54. The molecule has 0 bridgehead atoms. The molecule has 3 N–H and O–H groups in total. The van der Waals surface area contributed by atoms with Crippen LogP contribution in [0.3, 0.4) is 0 Å². The summed E-state index contributed by atoms with van der Waals surface area (Å²) >= 11 is 3.38. The molecule has 104 valence electrons. The van der Waals surface area contributed by atoms with E-state index in [9.17, 15) is 4.79 Å². The number of anilines is 1. The van der Waals surface area contributed by atoms with E-state index in [4.69, 9.17) is 10.5 Å². The highest BCUT2D eigenvalue weighted by molar-refractivity contribution is 9.10. The summed E-state index contributed by atoms with van der Waals surface area (Å²) in [5.74, 6) is 0.871. The number of amides is 1. The summed E-state index contributed by atoms with van der Waals surface area (Å²) < 4.78 is 6.49. The number of nitrogens with one attached hydrogen (secondary N) is 1. The molecule has 1 aromatic carbocycles. The van der Waals surface area contributed by atoms with E-state index in [1.54, 1.807) is 30.3 Å². The average Bonchev–Trinajstić information content (AvgIpc) is 2.43. The number of carbonyl (C=O) groups is 1. The molecule has 0 aliphatic rings. The Hall–Kier alpha value is -2.08. The summed E-state index contributed by atoms with van der Waals surface area (Å²) in [4.78, 5) is 15.7. The number of nitrogens with zero attached hydrogens (tertiary/aromatic N) is 1. The molecule has 2 aromatic rings. The molecule has 0 spiro atoms. The van der Waals surface area contributed by atoms with Crippen molar-refractivity contribution in [3.05, 3.63) is 46.7 Å². The summed E-state index contributed by atoms with van der Waals surface area (Å²) in [5, 5.41) is 2.69. The molecule has 5 nitrogen and oxygen atoms in total. The van der Waals surface area contributed by atoms with Crippen molar-refractivity contribution in [3.8, 4) is 11.5 Å². The van der Waals surface area contributed by atoms with E-state index < -0.39 is 0 Å². The minimum atomic E-state index is -0.232. The van der Waals surface area contributed by atoms with Crippen LogP contribution in [-0.4, -0.2) is 17.4 Å². The van der Waals surface area contributed by atoms with Gasteiger partial charge in [0.05, 0.1) is 4.47 Å². The van der Waals surface area contributed by atoms with Gasteiger partial charge in [0, 0.05) is 30.6 Å². The number of rotatable bonds is 4. The van der Waals surface area contributed by atoms with E-state index in [1.807, 2.05) is 6.92 Å². The topological polar surface area (TPSA) is 77.2 Å². The first-order chi connectivity index (χ1) is 9.60. The van der Waals surface area contributed by atoms with Crippen molar-refractivity contribution >= 4 is 27.5 Å². The predicted octanol–water partition coefficient (Wildman–Crippen LogP) is 2.97. The van der Waals surface area contributed by atoms with E-state index in [1.165, 1.54) is 6.20 Å². The number of hydrogen-bond acceptors (Lipinski definition) is 4. The van der Waals surface area contributed by atoms with Crippen LogP contribution < -0.4 is 15.8 Å². The summed E-state index contributed by atoms with van der Waals surface area (Å²) in [7, 11) is 0. The largest absolute Gasteiger partial charge is 0.456 e.